The number of phenolic OH excluding ortho intramolecular Hbond substituents is 1. The molecule has 0 radical (unpaired) electrons. The lowest BCUT2D eigenvalue weighted by Gasteiger charge is -2.27. The van der Waals surface area contributed by atoms with Crippen LogP contribution in [0.15, 0.2) is 24.3 Å². The molecule has 0 spiro atoms. The summed E-state index contributed by atoms with van der Waals surface area (Å²) in [4.78, 5) is 12.2. The predicted molar refractivity (Wildman–Crippen MR) is 69.0 cm³/mol. The standard InChI is InChI=1S/C14H18N2O2/c15-13-9-2-1-8(7-9)12(13)14(18)16-10-3-5-11(17)6-4-10/h3-6,8-9,12-13,17H,1-2,7,15H2,(H,16,18). The summed E-state index contributed by atoms with van der Waals surface area (Å²) >= 11 is 0. The molecule has 1 aromatic rings. The van der Waals surface area contributed by atoms with Gasteiger partial charge in [0, 0.05) is 11.7 Å². The summed E-state index contributed by atoms with van der Waals surface area (Å²) in [7, 11) is 0. The Bertz CT molecular complexity index is 455. The van der Waals surface area contributed by atoms with E-state index in [0.29, 0.717) is 17.5 Å². The quantitative estimate of drug-likeness (QED) is 0.695. The zero-order valence-electron chi connectivity index (χ0n) is 10.2. The number of rotatable bonds is 2. The average molecular weight is 246 g/mol. The van der Waals surface area contributed by atoms with Crippen LogP contribution in [0.2, 0.25) is 0 Å². The normalized spacial score (nSPS) is 33.6. The summed E-state index contributed by atoms with van der Waals surface area (Å²) in [5.41, 5.74) is 6.86. The van der Waals surface area contributed by atoms with E-state index in [-0.39, 0.29) is 23.6 Å². The zero-order chi connectivity index (χ0) is 12.7. The number of benzene rings is 1. The van der Waals surface area contributed by atoms with Crippen molar-refractivity contribution in [3.63, 3.8) is 0 Å². The second kappa shape index (κ2) is 4.28. The lowest BCUT2D eigenvalue weighted by atomic mass is 9.84. The second-order valence-corrected chi connectivity index (χ2v) is 5.47. The van der Waals surface area contributed by atoms with E-state index in [1.54, 1.807) is 24.3 Å². The van der Waals surface area contributed by atoms with Crippen LogP contribution in [0.3, 0.4) is 0 Å². The van der Waals surface area contributed by atoms with Crippen LogP contribution in [-0.2, 0) is 4.79 Å². The number of hydrogen-bond donors (Lipinski definition) is 3. The summed E-state index contributed by atoms with van der Waals surface area (Å²) in [6.45, 7) is 0. The van der Waals surface area contributed by atoms with Gasteiger partial charge in [-0.25, -0.2) is 0 Å². The van der Waals surface area contributed by atoms with Crippen LogP contribution in [0.25, 0.3) is 0 Å². The first kappa shape index (κ1) is 11.5. The maximum absolute atomic E-state index is 12.2. The Morgan fingerprint density at radius 3 is 2.50 bits per heavy atom. The number of amides is 1. The number of phenols is 1. The molecule has 2 saturated carbocycles. The number of nitrogens with two attached hydrogens (primary N) is 1. The number of carbonyl (C=O) groups excluding carboxylic acids is 1. The van der Waals surface area contributed by atoms with Crippen molar-refractivity contribution in [3.05, 3.63) is 24.3 Å². The molecule has 0 heterocycles. The molecule has 4 heteroatoms. The molecular formula is C14H18N2O2. The monoisotopic (exact) mass is 246 g/mol. The minimum Gasteiger partial charge on any atom is -0.508 e. The molecule has 2 bridgehead atoms. The molecule has 3 rings (SSSR count). The van der Waals surface area contributed by atoms with Gasteiger partial charge in [-0.05, 0) is 55.4 Å². The molecule has 1 amide bonds. The third kappa shape index (κ3) is 1.86. The Kier molecular flexibility index (Phi) is 2.74. The zero-order valence-corrected chi connectivity index (χ0v) is 10.2. The number of fused-ring (bicyclic) bond motifs is 2. The van der Waals surface area contributed by atoms with Gasteiger partial charge in [0.2, 0.25) is 5.91 Å². The highest BCUT2D eigenvalue weighted by Gasteiger charge is 2.48. The molecule has 96 valence electrons. The Hall–Kier alpha value is -1.55. The summed E-state index contributed by atoms with van der Waals surface area (Å²) in [5.74, 6) is 1.18. The van der Waals surface area contributed by atoms with Crippen LogP contribution in [0.5, 0.6) is 5.75 Å². The second-order valence-electron chi connectivity index (χ2n) is 5.47. The van der Waals surface area contributed by atoms with Crippen LogP contribution in [-0.4, -0.2) is 17.1 Å². The van der Waals surface area contributed by atoms with E-state index in [1.165, 1.54) is 6.42 Å². The van der Waals surface area contributed by atoms with Crippen LogP contribution in [0.1, 0.15) is 19.3 Å². The molecule has 4 atom stereocenters. The highest BCUT2D eigenvalue weighted by molar-refractivity contribution is 5.93. The van der Waals surface area contributed by atoms with Gasteiger partial charge in [-0.1, -0.05) is 0 Å². The van der Waals surface area contributed by atoms with Gasteiger partial charge in [-0.15, -0.1) is 0 Å². The fraction of sp³-hybridized carbons (Fsp3) is 0.500. The molecule has 4 unspecified atom stereocenters. The third-order valence-corrected chi connectivity index (χ3v) is 4.42. The molecule has 0 saturated heterocycles. The molecule has 4 N–H and O–H groups in total. The van der Waals surface area contributed by atoms with E-state index >= 15 is 0 Å². The maximum atomic E-state index is 12.2. The summed E-state index contributed by atoms with van der Waals surface area (Å²) in [5, 5.41) is 12.1. The Balaban J connectivity index is 1.70. The van der Waals surface area contributed by atoms with E-state index in [1.807, 2.05) is 0 Å². The van der Waals surface area contributed by atoms with E-state index in [9.17, 15) is 9.90 Å². The van der Waals surface area contributed by atoms with Gasteiger partial charge in [0.15, 0.2) is 0 Å². The van der Waals surface area contributed by atoms with Crippen LogP contribution in [0, 0.1) is 17.8 Å². The number of aromatic hydroxyl groups is 1. The third-order valence-electron chi connectivity index (χ3n) is 4.42. The van der Waals surface area contributed by atoms with E-state index < -0.39 is 0 Å². The van der Waals surface area contributed by atoms with Gasteiger partial charge >= 0.3 is 0 Å². The summed E-state index contributed by atoms with van der Waals surface area (Å²) in [6.07, 6.45) is 3.41. The number of carbonyl (C=O) groups is 1. The van der Waals surface area contributed by atoms with Crippen molar-refractivity contribution in [2.75, 3.05) is 5.32 Å². The molecule has 2 fully saturated rings. The lowest BCUT2D eigenvalue weighted by Crippen LogP contribution is -2.42. The first-order chi connectivity index (χ1) is 8.65. The van der Waals surface area contributed by atoms with Gasteiger partial charge in [0.25, 0.3) is 0 Å². The smallest absolute Gasteiger partial charge is 0.229 e. The van der Waals surface area contributed by atoms with Gasteiger partial charge in [-0.2, -0.15) is 0 Å². The van der Waals surface area contributed by atoms with Gasteiger partial charge in [0.1, 0.15) is 5.75 Å². The molecule has 2 aliphatic carbocycles. The average Bonchev–Trinajstić information content (AvgIpc) is 2.92. The highest BCUT2D eigenvalue weighted by atomic mass is 16.3. The molecule has 0 aliphatic heterocycles. The molecule has 18 heavy (non-hydrogen) atoms. The lowest BCUT2D eigenvalue weighted by molar-refractivity contribution is -0.121. The first-order valence-corrected chi connectivity index (χ1v) is 6.50. The number of nitrogens with one attached hydrogen (secondary N) is 1. The largest absolute Gasteiger partial charge is 0.508 e. The number of anilines is 1. The molecule has 0 aromatic heterocycles. The van der Waals surface area contributed by atoms with E-state index in [2.05, 4.69) is 5.32 Å². The van der Waals surface area contributed by atoms with Crippen molar-refractivity contribution < 1.29 is 9.90 Å². The van der Waals surface area contributed by atoms with Crippen molar-refractivity contribution in [2.24, 2.45) is 23.5 Å². The topological polar surface area (TPSA) is 75.4 Å². The molecular weight excluding hydrogens is 228 g/mol. The molecule has 4 nitrogen and oxygen atoms in total. The SMILES string of the molecule is NC1C2CCC(C2)C1C(=O)Nc1ccc(O)cc1. The number of hydrogen-bond acceptors (Lipinski definition) is 3. The Labute approximate surface area is 106 Å². The Morgan fingerprint density at radius 2 is 1.89 bits per heavy atom. The van der Waals surface area contributed by atoms with Crippen molar-refractivity contribution >= 4 is 11.6 Å². The van der Waals surface area contributed by atoms with Crippen LogP contribution >= 0.6 is 0 Å². The van der Waals surface area contributed by atoms with Gasteiger partial charge < -0.3 is 16.2 Å². The van der Waals surface area contributed by atoms with E-state index in [4.69, 9.17) is 5.73 Å². The first-order valence-electron chi connectivity index (χ1n) is 6.50. The molecule has 1 aromatic carbocycles. The van der Waals surface area contributed by atoms with Crippen molar-refractivity contribution in [2.45, 2.75) is 25.3 Å². The highest BCUT2D eigenvalue weighted by Crippen LogP contribution is 2.47. The van der Waals surface area contributed by atoms with Crippen molar-refractivity contribution in [1.82, 2.24) is 0 Å². The van der Waals surface area contributed by atoms with Gasteiger partial charge in [0.05, 0.1) is 5.92 Å². The minimum atomic E-state index is -0.0439. The predicted octanol–water partition coefficient (Wildman–Crippen LogP) is 1.70. The molecule has 2 aliphatic rings. The van der Waals surface area contributed by atoms with Crippen LogP contribution < -0.4 is 11.1 Å². The summed E-state index contributed by atoms with van der Waals surface area (Å²) < 4.78 is 0. The fourth-order valence-electron chi connectivity index (χ4n) is 3.50. The Morgan fingerprint density at radius 1 is 1.22 bits per heavy atom. The van der Waals surface area contributed by atoms with E-state index in [0.717, 1.165) is 12.8 Å². The minimum absolute atomic E-state index is 0.0147. The van der Waals surface area contributed by atoms with Crippen LogP contribution in [0.4, 0.5) is 5.69 Å². The summed E-state index contributed by atoms with van der Waals surface area (Å²) in [6, 6.07) is 6.55. The fourth-order valence-corrected chi connectivity index (χ4v) is 3.50. The van der Waals surface area contributed by atoms with Crippen molar-refractivity contribution in [1.29, 1.82) is 0 Å². The van der Waals surface area contributed by atoms with Crippen molar-refractivity contribution in [3.8, 4) is 5.75 Å². The maximum Gasteiger partial charge on any atom is 0.229 e. The van der Waals surface area contributed by atoms with Gasteiger partial charge in [-0.3, -0.25) is 4.79 Å².